The smallest absolute Gasteiger partial charge is 0.262 e. The molecule has 0 atom stereocenters. The molecule has 0 saturated heterocycles. The van der Waals surface area contributed by atoms with Crippen molar-refractivity contribution >= 4 is 22.6 Å². The van der Waals surface area contributed by atoms with E-state index in [0.29, 0.717) is 16.8 Å². The number of H-pyrrole nitrogens is 1. The molecule has 0 fully saturated rings. The normalized spacial score (nSPS) is 11.2. The van der Waals surface area contributed by atoms with Crippen LogP contribution in [-0.4, -0.2) is 16.1 Å². The van der Waals surface area contributed by atoms with Crippen LogP contribution in [0, 0.1) is 11.6 Å². The summed E-state index contributed by atoms with van der Waals surface area (Å²) >= 11 is 0. The first-order valence-electron chi connectivity index (χ1n) is 9.28. The lowest BCUT2D eigenvalue weighted by Gasteiger charge is -2.08. The van der Waals surface area contributed by atoms with Crippen LogP contribution in [0.5, 0.6) is 0 Å². The Kier molecular flexibility index (Phi) is 4.84. The van der Waals surface area contributed by atoms with E-state index in [1.54, 1.807) is 0 Å². The number of carbonyl (C=O) groups excluding carboxylic acids is 1. The minimum absolute atomic E-state index is 0.217. The van der Waals surface area contributed by atoms with Gasteiger partial charge >= 0.3 is 0 Å². The van der Waals surface area contributed by atoms with E-state index in [2.05, 4.69) is 53.6 Å². The zero-order chi connectivity index (χ0) is 20.5. The van der Waals surface area contributed by atoms with Gasteiger partial charge in [0.05, 0.1) is 5.52 Å². The molecule has 4 nitrogen and oxygen atoms in total. The molecule has 0 aliphatic heterocycles. The van der Waals surface area contributed by atoms with Gasteiger partial charge in [-0.3, -0.25) is 9.89 Å². The van der Waals surface area contributed by atoms with Crippen molar-refractivity contribution in [3.8, 4) is 11.1 Å². The fraction of sp³-hybridized carbons (Fsp3) is 0.130. The summed E-state index contributed by atoms with van der Waals surface area (Å²) in [5.41, 5.74) is 3.39. The van der Waals surface area contributed by atoms with E-state index in [-0.39, 0.29) is 5.82 Å². The van der Waals surface area contributed by atoms with Crippen LogP contribution in [-0.2, 0) is 0 Å². The van der Waals surface area contributed by atoms with Gasteiger partial charge in [-0.05, 0) is 46.9 Å². The highest BCUT2D eigenvalue weighted by atomic mass is 19.1. The highest BCUT2D eigenvalue weighted by molar-refractivity contribution is 6.08. The number of anilines is 1. The topological polar surface area (TPSA) is 57.8 Å². The summed E-state index contributed by atoms with van der Waals surface area (Å²) in [5, 5.41) is 10.1. The Hall–Kier alpha value is -3.54. The maximum Gasteiger partial charge on any atom is 0.262 e. The van der Waals surface area contributed by atoms with E-state index >= 15 is 0 Å². The number of hydrogen-bond donors (Lipinski definition) is 2. The second kappa shape index (κ2) is 7.47. The van der Waals surface area contributed by atoms with Crippen LogP contribution in [0.2, 0.25) is 0 Å². The highest BCUT2D eigenvalue weighted by Crippen LogP contribution is 2.28. The summed E-state index contributed by atoms with van der Waals surface area (Å²) in [6.07, 6.45) is 0. The zero-order valence-corrected chi connectivity index (χ0v) is 16.0. The van der Waals surface area contributed by atoms with Crippen LogP contribution in [0.15, 0.2) is 60.7 Å². The number of carbonyl (C=O) groups is 1. The molecule has 0 saturated carbocycles. The molecule has 4 aromatic rings. The molecule has 0 unspecified atom stereocenters. The van der Waals surface area contributed by atoms with Crippen LogP contribution >= 0.6 is 0 Å². The van der Waals surface area contributed by atoms with Crippen LogP contribution in [0.25, 0.3) is 22.0 Å². The maximum absolute atomic E-state index is 13.8. The van der Waals surface area contributed by atoms with E-state index in [4.69, 9.17) is 0 Å². The SMILES string of the molecule is CC(C)c1ccc(-c2ccc3c(NC(=O)c4c(F)cccc4F)n[nH]c3c2)cc1. The number of aromatic amines is 1. The van der Waals surface area contributed by atoms with Gasteiger partial charge in [0.15, 0.2) is 5.82 Å². The van der Waals surface area contributed by atoms with Crippen LogP contribution in [0.4, 0.5) is 14.6 Å². The van der Waals surface area contributed by atoms with Crippen molar-refractivity contribution in [1.29, 1.82) is 0 Å². The standard InChI is InChI=1S/C23H19F2N3O/c1-13(2)14-6-8-15(9-7-14)16-10-11-17-20(12-16)27-28-22(17)26-23(29)21-18(24)4-3-5-19(21)25/h3-13H,1-2H3,(H2,26,27,28,29). The van der Waals surface area contributed by atoms with Gasteiger partial charge in [-0.1, -0.05) is 50.2 Å². The van der Waals surface area contributed by atoms with E-state index in [1.807, 2.05) is 18.2 Å². The van der Waals surface area contributed by atoms with Gasteiger partial charge in [-0.2, -0.15) is 5.10 Å². The fourth-order valence-electron chi connectivity index (χ4n) is 3.24. The molecule has 0 aliphatic rings. The molecule has 0 aliphatic carbocycles. The van der Waals surface area contributed by atoms with E-state index in [9.17, 15) is 13.6 Å². The fourth-order valence-corrected chi connectivity index (χ4v) is 3.24. The molecule has 6 heteroatoms. The summed E-state index contributed by atoms with van der Waals surface area (Å²) in [5.74, 6) is -2.05. The molecule has 1 amide bonds. The minimum atomic E-state index is -0.922. The monoisotopic (exact) mass is 391 g/mol. The Morgan fingerprint density at radius 3 is 2.28 bits per heavy atom. The first-order valence-corrected chi connectivity index (χ1v) is 9.28. The first-order chi connectivity index (χ1) is 13.9. The van der Waals surface area contributed by atoms with Gasteiger partial charge in [0.1, 0.15) is 17.2 Å². The molecule has 0 spiro atoms. The molecular weight excluding hydrogens is 372 g/mol. The molecule has 29 heavy (non-hydrogen) atoms. The quantitative estimate of drug-likeness (QED) is 0.456. The Morgan fingerprint density at radius 2 is 1.62 bits per heavy atom. The van der Waals surface area contributed by atoms with Crippen LogP contribution < -0.4 is 5.32 Å². The molecular formula is C23H19F2N3O. The lowest BCUT2D eigenvalue weighted by molar-refractivity contribution is 0.101. The lowest BCUT2D eigenvalue weighted by Crippen LogP contribution is -2.16. The van der Waals surface area contributed by atoms with E-state index in [0.717, 1.165) is 23.3 Å². The maximum atomic E-state index is 13.8. The van der Waals surface area contributed by atoms with Crippen molar-refractivity contribution in [2.45, 2.75) is 19.8 Å². The number of benzene rings is 3. The minimum Gasteiger partial charge on any atom is -0.304 e. The van der Waals surface area contributed by atoms with Gasteiger partial charge < -0.3 is 5.32 Å². The Labute approximate surface area is 166 Å². The summed E-state index contributed by atoms with van der Waals surface area (Å²) in [7, 11) is 0. The van der Waals surface area contributed by atoms with Crippen molar-refractivity contribution in [1.82, 2.24) is 10.2 Å². The van der Waals surface area contributed by atoms with Gasteiger partial charge in [-0.15, -0.1) is 0 Å². The number of nitrogens with one attached hydrogen (secondary N) is 2. The predicted octanol–water partition coefficient (Wildman–Crippen LogP) is 5.88. The van der Waals surface area contributed by atoms with Crippen molar-refractivity contribution in [3.05, 3.63) is 83.4 Å². The Bertz CT molecular complexity index is 1180. The second-order valence-electron chi connectivity index (χ2n) is 7.16. The third-order valence-corrected chi connectivity index (χ3v) is 4.90. The average Bonchev–Trinajstić information content (AvgIpc) is 3.10. The molecule has 3 aromatic carbocycles. The Morgan fingerprint density at radius 1 is 0.966 bits per heavy atom. The van der Waals surface area contributed by atoms with Crippen LogP contribution in [0.1, 0.15) is 35.7 Å². The summed E-state index contributed by atoms with van der Waals surface area (Å²) < 4.78 is 27.7. The number of rotatable bonds is 4. The van der Waals surface area contributed by atoms with Crippen LogP contribution in [0.3, 0.4) is 0 Å². The average molecular weight is 391 g/mol. The van der Waals surface area contributed by atoms with Crippen molar-refractivity contribution in [2.24, 2.45) is 0 Å². The number of hydrogen-bond acceptors (Lipinski definition) is 2. The lowest BCUT2D eigenvalue weighted by atomic mass is 9.98. The molecule has 1 aromatic heterocycles. The molecule has 0 radical (unpaired) electrons. The van der Waals surface area contributed by atoms with Gasteiger partial charge in [0.25, 0.3) is 5.91 Å². The number of halogens is 2. The van der Waals surface area contributed by atoms with Gasteiger partial charge in [0.2, 0.25) is 0 Å². The molecule has 4 rings (SSSR count). The molecule has 1 heterocycles. The zero-order valence-electron chi connectivity index (χ0n) is 16.0. The van der Waals surface area contributed by atoms with Crippen molar-refractivity contribution in [2.75, 3.05) is 5.32 Å². The van der Waals surface area contributed by atoms with E-state index < -0.39 is 23.1 Å². The molecule has 0 bridgehead atoms. The third-order valence-electron chi connectivity index (χ3n) is 4.90. The van der Waals surface area contributed by atoms with Crippen molar-refractivity contribution < 1.29 is 13.6 Å². The third kappa shape index (κ3) is 3.61. The highest BCUT2D eigenvalue weighted by Gasteiger charge is 2.19. The summed E-state index contributed by atoms with van der Waals surface area (Å²) in [6, 6.07) is 17.3. The molecule has 2 N–H and O–H groups in total. The number of amides is 1. The number of aromatic nitrogens is 2. The predicted molar refractivity (Wildman–Crippen MR) is 110 cm³/mol. The van der Waals surface area contributed by atoms with Gasteiger partial charge in [-0.25, -0.2) is 8.78 Å². The number of nitrogens with zero attached hydrogens (tertiary/aromatic N) is 1. The Balaban J connectivity index is 1.62. The van der Waals surface area contributed by atoms with E-state index in [1.165, 1.54) is 11.6 Å². The summed E-state index contributed by atoms with van der Waals surface area (Å²) in [6.45, 7) is 4.29. The second-order valence-corrected chi connectivity index (χ2v) is 7.16. The largest absolute Gasteiger partial charge is 0.304 e. The van der Waals surface area contributed by atoms with Crippen molar-refractivity contribution in [3.63, 3.8) is 0 Å². The molecule has 146 valence electrons. The number of fused-ring (bicyclic) bond motifs is 1. The first kappa shape index (κ1) is 18.8. The van der Waals surface area contributed by atoms with Gasteiger partial charge in [0, 0.05) is 5.39 Å². The summed E-state index contributed by atoms with van der Waals surface area (Å²) in [4.78, 5) is 12.3.